The number of hydrogen-bond acceptors (Lipinski definition) is 4. The summed E-state index contributed by atoms with van der Waals surface area (Å²) < 4.78 is 7.21. The molecule has 0 radical (unpaired) electrons. The highest BCUT2D eigenvalue weighted by Crippen LogP contribution is 2.19. The van der Waals surface area contributed by atoms with Crippen molar-refractivity contribution in [3.63, 3.8) is 0 Å². The van der Waals surface area contributed by atoms with Crippen LogP contribution in [-0.2, 0) is 17.8 Å². The first-order valence-electron chi connectivity index (χ1n) is 7.58. The lowest BCUT2D eigenvalue weighted by Crippen LogP contribution is -2.19. The molecule has 0 spiro atoms. The maximum absolute atomic E-state index is 5.06. The van der Waals surface area contributed by atoms with Gasteiger partial charge in [-0.3, -0.25) is 4.68 Å². The Kier molecular flexibility index (Phi) is 7.06. The molecule has 4 nitrogen and oxygen atoms in total. The van der Waals surface area contributed by atoms with Gasteiger partial charge in [0.25, 0.3) is 0 Å². The first-order chi connectivity index (χ1) is 10.4. The van der Waals surface area contributed by atoms with Crippen molar-refractivity contribution in [2.75, 3.05) is 31.8 Å². The van der Waals surface area contributed by atoms with Crippen LogP contribution in [0.25, 0.3) is 10.9 Å². The quantitative estimate of drug-likeness (QED) is 0.685. The lowest BCUT2D eigenvalue weighted by atomic mass is 10.2. The molecule has 116 valence electrons. The SMILES string of the molecule is CCSCCCn1nc(CNCCOC)c2ccccc21. The average Bonchev–Trinajstić information content (AvgIpc) is 2.87. The van der Waals surface area contributed by atoms with Gasteiger partial charge in [-0.15, -0.1) is 0 Å². The van der Waals surface area contributed by atoms with Crippen LogP contribution in [-0.4, -0.2) is 41.5 Å². The Morgan fingerprint density at radius 1 is 1.33 bits per heavy atom. The van der Waals surface area contributed by atoms with Gasteiger partial charge in [-0.05, 0) is 24.0 Å². The van der Waals surface area contributed by atoms with E-state index < -0.39 is 0 Å². The standard InChI is InChI=1S/C16H25N3OS/c1-3-21-12-6-10-19-16-8-5-4-7-14(16)15(18-19)13-17-9-11-20-2/h4-5,7-8,17H,3,6,9-13H2,1-2H3. The van der Waals surface area contributed by atoms with E-state index in [0.29, 0.717) is 0 Å². The van der Waals surface area contributed by atoms with Crippen LogP contribution in [0.5, 0.6) is 0 Å². The van der Waals surface area contributed by atoms with E-state index in [2.05, 4.69) is 41.2 Å². The first kappa shape index (κ1) is 16.3. The third-order valence-corrected chi connectivity index (χ3v) is 4.36. The van der Waals surface area contributed by atoms with E-state index in [1.807, 2.05) is 11.8 Å². The molecule has 2 aromatic rings. The van der Waals surface area contributed by atoms with Crippen molar-refractivity contribution in [2.24, 2.45) is 0 Å². The number of para-hydroxylation sites is 1. The van der Waals surface area contributed by atoms with E-state index in [1.165, 1.54) is 28.8 Å². The Morgan fingerprint density at radius 3 is 3.00 bits per heavy atom. The highest BCUT2D eigenvalue weighted by Gasteiger charge is 2.09. The monoisotopic (exact) mass is 307 g/mol. The van der Waals surface area contributed by atoms with Gasteiger partial charge in [0.15, 0.2) is 0 Å². The van der Waals surface area contributed by atoms with Gasteiger partial charge in [0.05, 0.1) is 17.8 Å². The molecule has 1 aromatic carbocycles. The van der Waals surface area contributed by atoms with Crippen molar-refractivity contribution in [3.8, 4) is 0 Å². The number of methoxy groups -OCH3 is 1. The summed E-state index contributed by atoms with van der Waals surface area (Å²) in [4.78, 5) is 0. The van der Waals surface area contributed by atoms with Crippen molar-refractivity contribution in [3.05, 3.63) is 30.0 Å². The smallest absolute Gasteiger partial charge is 0.0841 e. The van der Waals surface area contributed by atoms with E-state index in [-0.39, 0.29) is 0 Å². The molecule has 1 aromatic heterocycles. The van der Waals surface area contributed by atoms with Crippen LogP contribution in [0, 0.1) is 0 Å². The van der Waals surface area contributed by atoms with Crippen LogP contribution in [0.3, 0.4) is 0 Å². The Hall–Kier alpha value is -1.04. The van der Waals surface area contributed by atoms with E-state index >= 15 is 0 Å². The molecule has 1 N–H and O–H groups in total. The molecule has 0 fully saturated rings. The Balaban J connectivity index is 2.03. The molecule has 0 aliphatic carbocycles. The van der Waals surface area contributed by atoms with Crippen LogP contribution in [0.2, 0.25) is 0 Å². The molecule has 0 aliphatic heterocycles. The van der Waals surface area contributed by atoms with Gasteiger partial charge in [0, 0.05) is 32.1 Å². The second-order valence-corrected chi connectivity index (χ2v) is 6.30. The highest BCUT2D eigenvalue weighted by molar-refractivity contribution is 7.99. The second kappa shape index (κ2) is 9.07. The van der Waals surface area contributed by atoms with Crippen LogP contribution in [0.15, 0.2) is 24.3 Å². The number of nitrogens with zero attached hydrogens (tertiary/aromatic N) is 2. The summed E-state index contributed by atoms with van der Waals surface area (Å²) in [6.07, 6.45) is 1.17. The molecule has 1 heterocycles. The molecule has 0 saturated heterocycles. The summed E-state index contributed by atoms with van der Waals surface area (Å²) in [5.74, 6) is 2.39. The predicted octanol–water partition coefficient (Wildman–Crippen LogP) is 2.92. The van der Waals surface area contributed by atoms with Gasteiger partial charge in [-0.1, -0.05) is 25.1 Å². The summed E-state index contributed by atoms with van der Waals surface area (Å²) in [5.41, 5.74) is 2.37. The first-order valence-corrected chi connectivity index (χ1v) is 8.74. The summed E-state index contributed by atoms with van der Waals surface area (Å²) in [6.45, 7) is 5.57. The molecule has 2 rings (SSSR count). The number of aryl methyl sites for hydroxylation is 1. The minimum atomic E-state index is 0.729. The van der Waals surface area contributed by atoms with Gasteiger partial charge in [-0.2, -0.15) is 16.9 Å². The van der Waals surface area contributed by atoms with Gasteiger partial charge in [-0.25, -0.2) is 0 Å². The normalized spacial score (nSPS) is 11.3. The van der Waals surface area contributed by atoms with Crippen molar-refractivity contribution < 1.29 is 4.74 Å². The van der Waals surface area contributed by atoms with Crippen LogP contribution in [0.1, 0.15) is 19.0 Å². The molecule has 0 amide bonds. The Morgan fingerprint density at radius 2 is 2.19 bits per heavy atom. The molecule has 0 bridgehead atoms. The zero-order chi connectivity index (χ0) is 14.9. The fourth-order valence-electron chi connectivity index (χ4n) is 2.34. The van der Waals surface area contributed by atoms with E-state index in [9.17, 15) is 0 Å². The number of benzene rings is 1. The lowest BCUT2D eigenvalue weighted by Gasteiger charge is -2.03. The zero-order valence-corrected chi connectivity index (χ0v) is 13.8. The molecule has 5 heteroatoms. The molecule has 0 atom stereocenters. The van der Waals surface area contributed by atoms with Crippen molar-refractivity contribution in [1.82, 2.24) is 15.1 Å². The number of rotatable bonds is 10. The molecule has 0 saturated carbocycles. The van der Waals surface area contributed by atoms with E-state index in [1.54, 1.807) is 7.11 Å². The largest absolute Gasteiger partial charge is 0.383 e. The lowest BCUT2D eigenvalue weighted by molar-refractivity contribution is 0.199. The maximum atomic E-state index is 5.06. The maximum Gasteiger partial charge on any atom is 0.0841 e. The number of hydrogen-bond donors (Lipinski definition) is 1. The Bertz CT molecular complexity index is 495. The Labute approximate surface area is 131 Å². The fourth-order valence-corrected chi connectivity index (χ4v) is 2.96. The number of aromatic nitrogens is 2. The van der Waals surface area contributed by atoms with Crippen molar-refractivity contribution in [2.45, 2.75) is 26.4 Å². The summed E-state index contributed by atoms with van der Waals surface area (Å²) in [5, 5.41) is 9.42. The third kappa shape index (κ3) is 4.73. The minimum absolute atomic E-state index is 0.729. The number of ether oxygens (including phenoxy) is 1. The van der Waals surface area contributed by atoms with Gasteiger partial charge >= 0.3 is 0 Å². The fraction of sp³-hybridized carbons (Fsp3) is 0.562. The van der Waals surface area contributed by atoms with Gasteiger partial charge in [0.1, 0.15) is 0 Å². The van der Waals surface area contributed by atoms with E-state index in [4.69, 9.17) is 9.84 Å². The summed E-state index contributed by atoms with van der Waals surface area (Å²) in [7, 11) is 1.72. The zero-order valence-electron chi connectivity index (χ0n) is 13.0. The van der Waals surface area contributed by atoms with E-state index in [0.717, 1.165) is 31.9 Å². The summed E-state index contributed by atoms with van der Waals surface area (Å²) >= 11 is 1.99. The minimum Gasteiger partial charge on any atom is -0.383 e. The molecule has 21 heavy (non-hydrogen) atoms. The van der Waals surface area contributed by atoms with Crippen LogP contribution in [0.4, 0.5) is 0 Å². The van der Waals surface area contributed by atoms with Crippen LogP contribution < -0.4 is 5.32 Å². The second-order valence-electron chi connectivity index (χ2n) is 4.91. The highest BCUT2D eigenvalue weighted by atomic mass is 32.2. The van der Waals surface area contributed by atoms with Crippen molar-refractivity contribution in [1.29, 1.82) is 0 Å². The predicted molar refractivity (Wildman–Crippen MR) is 90.9 cm³/mol. The average molecular weight is 307 g/mol. The molecular weight excluding hydrogens is 282 g/mol. The number of nitrogens with one attached hydrogen (secondary N) is 1. The number of thioether (sulfide) groups is 1. The van der Waals surface area contributed by atoms with Crippen molar-refractivity contribution >= 4 is 22.7 Å². The third-order valence-electron chi connectivity index (χ3n) is 3.37. The van der Waals surface area contributed by atoms with Gasteiger partial charge in [0.2, 0.25) is 0 Å². The molecular formula is C16H25N3OS. The summed E-state index contributed by atoms with van der Waals surface area (Å²) in [6, 6.07) is 8.49. The molecule has 0 aliphatic rings. The molecule has 0 unspecified atom stereocenters. The van der Waals surface area contributed by atoms with Crippen LogP contribution >= 0.6 is 11.8 Å². The topological polar surface area (TPSA) is 39.1 Å². The van der Waals surface area contributed by atoms with Gasteiger partial charge < -0.3 is 10.1 Å². The number of fused-ring (bicyclic) bond motifs is 1.